The van der Waals surface area contributed by atoms with E-state index in [4.69, 9.17) is 35.6 Å². The van der Waals surface area contributed by atoms with Crippen LogP contribution in [-0.2, 0) is 4.74 Å². The lowest BCUT2D eigenvalue weighted by Gasteiger charge is -2.36. The molecule has 432 valence electrons. The molecule has 6 fully saturated rings. The molecular weight excluding hydrogens is 1040 g/mol. The molecule has 2 spiro atoms. The number of carbonyl (C=O) groups excluding carboxylic acids is 1. The minimum atomic E-state index is -0.459. The number of nitrogens with one attached hydrogen (secondary N) is 1. The van der Waals surface area contributed by atoms with E-state index in [-0.39, 0.29) is 11.5 Å². The van der Waals surface area contributed by atoms with Gasteiger partial charge in [-0.05, 0) is 183 Å². The van der Waals surface area contributed by atoms with E-state index in [2.05, 4.69) is 70.9 Å². The van der Waals surface area contributed by atoms with Gasteiger partial charge in [0, 0.05) is 85.8 Å². The number of nitrogen functional groups attached to an aromatic ring is 2. The fraction of sp³-hybridized carbons (Fsp3) is 0.448. The van der Waals surface area contributed by atoms with Crippen molar-refractivity contribution >= 4 is 39.8 Å². The summed E-state index contributed by atoms with van der Waals surface area (Å²) in [4.78, 5) is 38.3. The van der Waals surface area contributed by atoms with Crippen molar-refractivity contribution in [3.8, 4) is 45.3 Å². The lowest BCUT2D eigenvalue weighted by molar-refractivity contribution is 0.0272. The Morgan fingerprint density at radius 3 is 1.42 bits per heavy atom. The molecule has 2 aliphatic carbocycles. The number of ether oxygens (including phenoxy) is 3. The zero-order valence-corrected chi connectivity index (χ0v) is 48.5. The van der Waals surface area contributed by atoms with Crippen LogP contribution >= 0.6 is 0 Å². The quantitative estimate of drug-likeness (QED) is 0.118. The summed E-state index contributed by atoms with van der Waals surface area (Å²) in [6.45, 7) is 14.5. The zero-order chi connectivity index (χ0) is 56.7. The van der Waals surface area contributed by atoms with Crippen molar-refractivity contribution in [1.82, 2.24) is 49.1 Å². The van der Waals surface area contributed by atoms with Crippen LogP contribution in [0.1, 0.15) is 110 Å². The van der Waals surface area contributed by atoms with Gasteiger partial charge in [0.1, 0.15) is 64.2 Å². The van der Waals surface area contributed by atoms with E-state index >= 15 is 0 Å². The summed E-state index contributed by atoms with van der Waals surface area (Å²) in [5.41, 5.74) is 19.3. The van der Waals surface area contributed by atoms with Crippen LogP contribution in [0.2, 0.25) is 0 Å². The van der Waals surface area contributed by atoms with Gasteiger partial charge >= 0.3 is 6.09 Å². The molecular formula is C67H80N12O4. The smallest absolute Gasteiger partial charge is 0.410 e. The minimum Gasteiger partial charge on any atom is -0.457 e. The number of anilines is 2. The molecule has 16 heteroatoms. The molecule has 4 aromatic heterocycles. The molecule has 4 aromatic carbocycles. The number of nitrogens with two attached hydrogens (primary N) is 2. The van der Waals surface area contributed by atoms with Gasteiger partial charge in [-0.15, -0.1) is 0 Å². The Morgan fingerprint density at radius 1 is 0.530 bits per heavy atom. The number of nitrogens with zero attached hydrogens (tertiary/aromatic N) is 9. The molecule has 8 aromatic rings. The Labute approximate surface area is 487 Å². The Balaban J connectivity index is 0.000000157. The van der Waals surface area contributed by atoms with Crippen LogP contribution in [0.3, 0.4) is 0 Å². The first kappa shape index (κ1) is 54.7. The Bertz CT molecular complexity index is 3530. The van der Waals surface area contributed by atoms with E-state index in [1.54, 1.807) is 12.7 Å². The van der Waals surface area contributed by atoms with Crippen LogP contribution in [0.25, 0.3) is 44.3 Å². The minimum absolute atomic E-state index is 0.169. The Hall–Kier alpha value is -7.53. The maximum absolute atomic E-state index is 12.7. The van der Waals surface area contributed by atoms with Crippen molar-refractivity contribution in [3.63, 3.8) is 0 Å². The monoisotopic (exact) mass is 1120 g/mol. The molecule has 5 N–H and O–H groups in total. The van der Waals surface area contributed by atoms with E-state index in [9.17, 15) is 4.79 Å². The average Bonchev–Trinajstić information content (AvgIpc) is 4.50. The maximum Gasteiger partial charge on any atom is 0.410 e. The van der Waals surface area contributed by atoms with Crippen LogP contribution in [-0.4, -0.2) is 120 Å². The predicted octanol–water partition coefficient (Wildman–Crippen LogP) is 12.9. The summed E-state index contributed by atoms with van der Waals surface area (Å²) >= 11 is 0. The van der Waals surface area contributed by atoms with Crippen LogP contribution in [0.15, 0.2) is 134 Å². The van der Waals surface area contributed by atoms with Gasteiger partial charge in [-0.25, -0.2) is 24.7 Å². The van der Waals surface area contributed by atoms with Gasteiger partial charge in [-0.2, -0.15) is 0 Å². The lowest BCUT2D eigenvalue weighted by Crippen LogP contribution is -2.40. The summed E-state index contributed by atoms with van der Waals surface area (Å²) < 4.78 is 22.4. The number of hydrogen-bond acceptors (Lipinski definition) is 13. The van der Waals surface area contributed by atoms with E-state index in [0.29, 0.717) is 41.2 Å². The highest BCUT2D eigenvalue weighted by atomic mass is 16.6. The third-order valence-corrected chi connectivity index (χ3v) is 19.1. The van der Waals surface area contributed by atoms with Gasteiger partial charge in [0.25, 0.3) is 0 Å². The molecule has 0 radical (unpaired) electrons. The molecule has 83 heavy (non-hydrogen) atoms. The van der Waals surface area contributed by atoms with Crippen molar-refractivity contribution in [2.75, 3.05) is 63.8 Å². The second-order valence-corrected chi connectivity index (χ2v) is 25.6. The largest absolute Gasteiger partial charge is 0.457 e. The lowest BCUT2D eigenvalue weighted by atomic mass is 9.86. The van der Waals surface area contributed by atoms with Crippen molar-refractivity contribution in [1.29, 1.82) is 0 Å². The maximum atomic E-state index is 12.7. The number of carbonyl (C=O) groups is 1. The third-order valence-electron chi connectivity index (χ3n) is 19.1. The molecule has 2 saturated carbocycles. The third kappa shape index (κ3) is 11.6. The second kappa shape index (κ2) is 22.9. The van der Waals surface area contributed by atoms with E-state index < -0.39 is 5.60 Å². The van der Waals surface area contributed by atoms with Gasteiger partial charge in [0.2, 0.25) is 0 Å². The van der Waals surface area contributed by atoms with Gasteiger partial charge in [0.05, 0.1) is 10.8 Å². The first-order chi connectivity index (χ1) is 40.3. The summed E-state index contributed by atoms with van der Waals surface area (Å²) in [5, 5.41) is 5.46. The number of amides is 1. The molecule has 6 aliphatic rings. The van der Waals surface area contributed by atoms with Gasteiger partial charge < -0.3 is 45.0 Å². The molecule has 14 rings (SSSR count). The highest BCUT2D eigenvalue weighted by molar-refractivity contribution is 6.01. The number of aromatic nitrogens is 6. The van der Waals surface area contributed by atoms with Crippen molar-refractivity contribution in [2.24, 2.45) is 10.8 Å². The molecule has 8 heterocycles. The second-order valence-electron chi connectivity index (χ2n) is 25.6. The standard InChI is InChI=1S/C36H44N6O3.C31H36N6O/c1-35(2,3)45-34(43)41-20-18-36(23-41)17-19-40(22-36)26-11-13-27(14-12-26)42-21-30(31-32(37)38-24-39-33(31)42)25-9-15-29(16-10-25)44-28-7-5-4-6-8-28;32-29-28-27(22-6-12-26(13-7-22)38-25-4-2-1-3-5-25)18-37(30(28)35-21-34-29)24-10-8-23(9-11-24)36-17-15-31(20-36)14-16-33-19-31/h4-10,15-16,21,24,26-27H,11-14,17-20,22-23H2,1-3H3,(H2,37,38,39);1-7,12-13,18,21,23-24,33H,8-11,14-17,19-20H2,(H2,32,34,35). The molecule has 2 unspecified atom stereocenters. The van der Waals surface area contributed by atoms with Crippen LogP contribution in [0.5, 0.6) is 23.0 Å². The molecule has 0 bridgehead atoms. The van der Waals surface area contributed by atoms with Gasteiger partial charge in [-0.3, -0.25) is 9.80 Å². The van der Waals surface area contributed by atoms with Crippen LogP contribution in [0.4, 0.5) is 16.4 Å². The fourth-order valence-electron chi connectivity index (χ4n) is 14.7. The van der Waals surface area contributed by atoms with Gasteiger partial charge in [0.15, 0.2) is 0 Å². The SMILES string of the molecule is CC(C)(C)OC(=O)N1CCC2(CCN(C3CCC(n4cc(-c5ccc(Oc6ccccc6)cc5)c5c(N)ncnc54)CC3)C2)C1.Nc1ncnc2c1c(-c1ccc(Oc3ccccc3)cc1)cn2C1CCC(N2CCC3(CCNC3)C2)CC1. The zero-order valence-electron chi connectivity index (χ0n) is 48.5. The first-order valence-corrected chi connectivity index (χ1v) is 30.4. The molecule has 1 amide bonds. The van der Waals surface area contributed by atoms with Crippen molar-refractivity contribution in [3.05, 3.63) is 134 Å². The average molecular weight is 1120 g/mol. The Kier molecular flexibility index (Phi) is 15.1. The number of likely N-dealkylation sites (tertiary alicyclic amines) is 3. The fourth-order valence-corrected chi connectivity index (χ4v) is 14.7. The molecule has 2 atom stereocenters. The van der Waals surface area contributed by atoms with Crippen molar-refractivity contribution < 1.29 is 19.0 Å². The predicted molar refractivity (Wildman–Crippen MR) is 328 cm³/mol. The summed E-state index contributed by atoms with van der Waals surface area (Å²) in [7, 11) is 0. The highest BCUT2D eigenvalue weighted by Crippen LogP contribution is 2.46. The van der Waals surface area contributed by atoms with E-state index in [1.165, 1.54) is 64.7 Å². The summed E-state index contributed by atoms with van der Waals surface area (Å²) in [6.07, 6.45) is 21.7. The van der Waals surface area contributed by atoms with E-state index in [1.807, 2.05) is 111 Å². The number of hydrogen-bond donors (Lipinski definition) is 3. The number of rotatable bonds is 10. The molecule has 4 aliphatic heterocycles. The first-order valence-electron chi connectivity index (χ1n) is 30.4. The summed E-state index contributed by atoms with van der Waals surface area (Å²) in [5.74, 6) is 4.28. The van der Waals surface area contributed by atoms with Crippen LogP contribution < -0.4 is 26.3 Å². The van der Waals surface area contributed by atoms with Crippen LogP contribution in [0, 0.1) is 10.8 Å². The Morgan fingerprint density at radius 2 is 0.964 bits per heavy atom. The van der Waals surface area contributed by atoms with Gasteiger partial charge in [-0.1, -0.05) is 60.7 Å². The number of fused-ring (bicyclic) bond motifs is 2. The molecule has 16 nitrogen and oxygen atoms in total. The number of para-hydroxylation sites is 2. The molecule has 4 saturated heterocycles. The van der Waals surface area contributed by atoms with Crippen molar-refractivity contribution in [2.45, 2.75) is 128 Å². The topological polar surface area (TPSA) is 180 Å². The van der Waals surface area contributed by atoms with E-state index in [0.717, 1.165) is 132 Å². The summed E-state index contributed by atoms with van der Waals surface area (Å²) in [6, 6.07) is 38.1. The highest BCUT2D eigenvalue weighted by Gasteiger charge is 2.48. The number of benzene rings is 4. The normalized spacial score (nSPS) is 24.9.